The van der Waals surface area contributed by atoms with Gasteiger partial charge in [-0.3, -0.25) is 10.2 Å². The maximum absolute atomic E-state index is 12.6. The molecule has 3 rings (SSSR count). The van der Waals surface area contributed by atoms with Crippen molar-refractivity contribution in [1.82, 2.24) is 4.98 Å². The third-order valence-corrected chi connectivity index (χ3v) is 4.20. The standard InChI is InChI=1S/C17H14ClF3N4O/c1-9(10-2-4-14-11(6-10)3-5-15(26)23-14)24-25-16-13(18)7-12(8-22-16)17(19,20)21/h2,4,6-8H,3,5H2,1H3,(H,22,25)(H,23,26)/b24-9+. The van der Waals surface area contributed by atoms with Gasteiger partial charge in [-0.05, 0) is 42.7 Å². The lowest BCUT2D eigenvalue weighted by Crippen LogP contribution is -2.19. The molecule has 136 valence electrons. The van der Waals surface area contributed by atoms with Gasteiger partial charge in [0.15, 0.2) is 5.82 Å². The zero-order valence-corrected chi connectivity index (χ0v) is 14.4. The summed E-state index contributed by atoms with van der Waals surface area (Å²) in [6.45, 7) is 1.74. The maximum atomic E-state index is 12.6. The number of carbonyl (C=O) groups is 1. The predicted octanol–water partition coefficient (Wildman–Crippen LogP) is 4.47. The number of fused-ring (bicyclic) bond motifs is 1. The Kier molecular flexibility index (Phi) is 4.86. The van der Waals surface area contributed by atoms with E-state index in [2.05, 4.69) is 20.8 Å². The van der Waals surface area contributed by atoms with Crippen LogP contribution in [0.5, 0.6) is 0 Å². The first-order valence-electron chi connectivity index (χ1n) is 7.70. The van der Waals surface area contributed by atoms with E-state index in [4.69, 9.17) is 11.6 Å². The van der Waals surface area contributed by atoms with E-state index in [-0.39, 0.29) is 16.7 Å². The van der Waals surface area contributed by atoms with Gasteiger partial charge in [-0.25, -0.2) is 4.98 Å². The Morgan fingerprint density at radius 2 is 2.08 bits per heavy atom. The normalized spacial score (nSPS) is 14.7. The van der Waals surface area contributed by atoms with Crippen LogP contribution in [0, 0.1) is 0 Å². The van der Waals surface area contributed by atoms with Gasteiger partial charge < -0.3 is 5.32 Å². The highest BCUT2D eigenvalue weighted by Gasteiger charge is 2.31. The van der Waals surface area contributed by atoms with Gasteiger partial charge in [-0.1, -0.05) is 17.7 Å². The van der Waals surface area contributed by atoms with Gasteiger partial charge in [0, 0.05) is 18.3 Å². The number of hydrogen-bond acceptors (Lipinski definition) is 4. The average Bonchev–Trinajstić information content (AvgIpc) is 2.59. The summed E-state index contributed by atoms with van der Waals surface area (Å²) in [5.74, 6) is 0.0181. The second-order valence-corrected chi connectivity index (χ2v) is 6.19. The largest absolute Gasteiger partial charge is 0.417 e. The topological polar surface area (TPSA) is 66.4 Å². The Labute approximate surface area is 152 Å². The molecule has 5 nitrogen and oxygen atoms in total. The molecule has 2 heterocycles. The third-order valence-electron chi connectivity index (χ3n) is 3.92. The number of amides is 1. The first-order chi connectivity index (χ1) is 12.2. The van der Waals surface area contributed by atoms with E-state index in [0.29, 0.717) is 24.8 Å². The number of nitrogens with one attached hydrogen (secondary N) is 2. The molecular weight excluding hydrogens is 369 g/mol. The summed E-state index contributed by atoms with van der Waals surface area (Å²) in [5.41, 5.74) is 4.85. The number of pyridine rings is 1. The minimum Gasteiger partial charge on any atom is -0.326 e. The van der Waals surface area contributed by atoms with Gasteiger partial charge in [0.25, 0.3) is 0 Å². The minimum atomic E-state index is -4.51. The van der Waals surface area contributed by atoms with Crippen LogP contribution >= 0.6 is 11.6 Å². The van der Waals surface area contributed by atoms with Gasteiger partial charge in [-0.2, -0.15) is 18.3 Å². The van der Waals surface area contributed by atoms with Crippen LogP contribution in [0.1, 0.15) is 30.0 Å². The second kappa shape index (κ2) is 6.95. The summed E-state index contributed by atoms with van der Waals surface area (Å²) in [6, 6.07) is 6.30. The van der Waals surface area contributed by atoms with Crippen molar-refractivity contribution in [1.29, 1.82) is 0 Å². The molecule has 0 spiro atoms. The van der Waals surface area contributed by atoms with Crippen LogP contribution in [0.25, 0.3) is 0 Å². The minimum absolute atomic E-state index is 0.0136. The number of aryl methyl sites for hydroxylation is 1. The zero-order valence-electron chi connectivity index (χ0n) is 13.6. The number of anilines is 2. The molecule has 1 aliphatic rings. The van der Waals surface area contributed by atoms with Crippen molar-refractivity contribution < 1.29 is 18.0 Å². The van der Waals surface area contributed by atoms with Crippen LogP contribution in [0.3, 0.4) is 0 Å². The molecule has 1 aromatic heterocycles. The highest BCUT2D eigenvalue weighted by Crippen LogP contribution is 2.32. The predicted molar refractivity (Wildman–Crippen MR) is 93.5 cm³/mol. The van der Waals surface area contributed by atoms with Crippen LogP contribution in [0.2, 0.25) is 5.02 Å². The van der Waals surface area contributed by atoms with E-state index in [1.807, 2.05) is 6.07 Å². The summed E-state index contributed by atoms with van der Waals surface area (Å²) >= 11 is 5.84. The fourth-order valence-electron chi connectivity index (χ4n) is 2.49. The molecule has 0 saturated carbocycles. The van der Waals surface area contributed by atoms with Gasteiger partial charge in [0.2, 0.25) is 5.91 Å². The van der Waals surface area contributed by atoms with Crippen LogP contribution in [-0.4, -0.2) is 16.6 Å². The number of alkyl halides is 3. The second-order valence-electron chi connectivity index (χ2n) is 5.78. The number of benzene rings is 1. The molecule has 0 saturated heterocycles. The lowest BCUT2D eigenvalue weighted by atomic mass is 9.99. The Morgan fingerprint density at radius 1 is 1.31 bits per heavy atom. The van der Waals surface area contributed by atoms with Crippen LogP contribution in [0.4, 0.5) is 24.7 Å². The maximum Gasteiger partial charge on any atom is 0.417 e. The van der Waals surface area contributed by atoms with Gasteiger partial charge >= 0.3 is 6.18 Å². The number of rotatable bonds is 3. The lowest BCUT2D eigenvalue weighted by molar-refractivity contribution is -0.137. The number of nitrogens with zero attached hydrogens (tertiary/aromatic N) is 2. The molecule has 0 fully saturated rings. The van der Waals surface area contributed by atoms with Gasteiger partial charge in [0.05, 0.1) is 16.3 Å². The quantitative estimate of drug-likeness (QED) is 0.607. The molecule has 2 aromatic rings. The Hall–Kier alpha value is -2.61. The summed E-state index contributed by atoms with van der Waals surface area (Å²) < 4.78 is 37.9. The monoisotopic (exact) mass is 382 g/mol. The lowest BCUT2D eigenvalue weighted by Gasteiger charge is -2.17. The van der Waals surface area contributed by atoms with Crippen molar-refractivity contribution in [3.05, 3.63) is 52.2 Å². The molecular formula is C17H14ClF3N4O. The van der Waals surface area contributed by atoms with Crippen molar-refractivity contribution >= 4 is 34.7 Å². The van der Waals surface area contributed by atoms with E-state index in [1.54, 1.807) is 19.1 Å². The Bertz CT molecular complexity index is 896. The van der Waals surface area contributed by atoms with Crippen molar-refractivity contribution in [3.8, 4) is 0 Å². The molecule has 1 aromatic carbocycles. The SMILES string of the molecule is C/C(=N\Nc1ncc(C(F)(F)F)cc1Cl)c1ccc2c(c1)CCC(=O)N2. The van der Waals surface area contributed by atoms with E-state index in [0.717, 1.165) is 22.9 Å². The van der Waals surface area contributed by atoms with Gasteiger partial charge in [-0.15, -0.1) is 0 Å². The highest BCUT2D eigenvalue weighted by atomic mass is 35.5. The molecule has 0 bridgehead atoms. The van der Waals surface area contributed by atoms with E-state index < -0.39 is 11.7 Å². The van der Waals surface area contributed by atoms with Crippen molar-refractivity contribution in [2.45, 2.75) is 25.9 Å². The summed E-state index contributed by atoms with van der Waals surface area (Å²) in [7, 11) is 0. The van der Waals surface area contributed by atoms with Crippen molar-refractivity contribution in [3.63, 3.8) is 0 Å². The molecule has 0 atom stereocenters. The summed E-state index contributed by atoms with van der Waals surface area (Å²) in [6.07, 6.45) is -2.74. The first kappa shape index (κ1) is 18.2. The number of aromatic nitrogens is 1. The summed E-state index contributed by atoms with van der Waals surface area (Å²) in [4.78, 5) is 15.1. The number of halogens is 4. The molecule has 1 aliphatic heterocycles. The van der Waals surface area contributed by atoms with Crippen molar-refractivity contribution in [2.75, 3.05) is 10.7 Å². The fourth-order valence-corrected chi connectivity index (χ4v) is 2.69. The average molecular weight is 383 g/mol. The molecule has 0 unspecified atom stereocenters. The Morgan fingerprint density at radius 3 is 2.77 bits per heavy atom. The van der Waals surface area contributed by atoms with E-state index in [9.17, 15) is 18.0 Å². The number of hydrogen-bond donors (Lipinski definition) is 2. The number of carbonyl (C=O) groups excluding carboxylic acids is 1. The van der Waals surface area contributed by atoms with Gasteiger partial charge in [0.1, 0.15) is 0 Å². The molecule has 2 N–H and O–H groups in total. The molecule has 26 heavy (non-hydrogen) atoms. The molecule has 9 heteroatoms. The molecule has 0 aliphatic carbocycles. The zero-order chi connectivity index (χ0) is 18.9. The first-order valence-corrected chi connectivity index (χ1v) is 8.08. The Balaban J connectivity index is 1.78. The third kappa shape index (κ3) is 3.96. The van der Waals surface area contributed by atoms with Crippen LogP contribution < -0.4 is 10.7 Å². The number of hydrazone groups is 1. The smallest absolute Gasteiger partial charge is 0.326 e. The summed E-state index contributed by atoms with van der Waals surface area (Å²) in [5, 5.41) is 6.75. The fraction of sp³-hybridized carbons (Fsp3) is 0.235. The van der Waals surface area contributed by atoms with Crippen molar-refractivity contribution in [2.24, 2.45) is 5.10 Å². The van der Waals surface area contributed by atoms with E-state index >= 15 is 0 Å². The van der Waals surface area contributed by atoms with E-state index in [1.165, 1.54) is 0 Å². The highest BCUT2D eigenvalue weighted by molar-refractivity contribution is 6.33. The van der Waals surface area contributed by atoms with Crippen LogP contribution in [0.15, 0.2) is 35.6 Å². The van der Waals surface area contributed by atoms with Crippen LogP contribution in [-0.2, 0) is 17.4 Å². The molecule has 1 amide bonds. The molecule has 0 radical (unpaired) electrons.